The molecule has 1 fully saturated rings. The zero-order chi connectivity index (χ0) is 32.6. The number of aliphatic hydroxyl groups excluding tert-OH is 1. The fourth-order valence-corrected chi connectivity index (χ4v) is 6.39. The second-order valence-electron chi connectivity index (χ2n) is 11.4. The lowest BCUT2D eigenvalue weighted by Gasteiger charge is -2.36. The van der Waals surface area contributed by atoms with Gasteiger partial charge in [-0.15, -0.1) is 11.8 Å². The number of aliphatic hydroxyl groups is 1. The van der Waals surface area contributed by atoms with Crippen LogP contribution < -0.4 is 5.32 Å². The molecule has 5 aromatic rings. The van der Waals surface area contributed by atoms with Crippen LogP contribution >= 0.6 is 11.8 Å². The van der Waals surface area contributed by atoms with Crippen LogP contribution in [0, 0.1) is 0 Å². The zero-order valence-electron chi connectivity index (χ0n) is 25.6. The Morgan fingerprint density at radius 2 is 1.45 bits per heavy atom. The van der Waals surface area contributed by atoms with E-state index in [1.165, 1.54) is 0 Å². The highest BCUT2D eigenvalue weighted by Gasteiger charge is 2.32. The predicted molar refractivity (Wildman–Crippen MR) is 182 cm³/mol. The van der Waals surface area contributed by atoms with Crippen molar-refractivity contribution in [1.82, 2.24) is 5.32 Å². The number of nitrogens with one attached hydrogen (secondary N) is 1. The summed E-state index contributed by atoms with van der Waals surface area (Å²) in [6.07, 6.45) is -0.257. The summed E-state index contributed by atoms with van der Waals surface area (Å²) < 4.78 is 13.0. The number of benzene rings is 5. The van der Waals surface area contributed by atoms with Crippen LogP contribution in [0.25, 0.3) is 11.1 Å². The molecule has 3 atom stereocenters. The van der Waals surface area contributed by atoms with Gasteiger partial charge in [-0.2, -0.15) is 0 Å². The molecule has 1 amide bonds. The van der Waals surface area contributed by atoms with E-state index < -0.39 is 12.3 Å². The maximum Gasteiger partial charge on any atom is 0.335 e. The fraction of sp³-hybridized carbons (Fsp3) is 0.179. The lowest BCUT2D eigenvalue weighted by Crippen LogP contribution is -2.31. The number of carboxylic acids is 1. The van der Waals surface area contributed by atoms with E-state index in [9.17, 15) is 19.8 Å². The first-order chi connectivity index (χ1) is 22.9. The van der Waals surface area contributed by atoms with Gasteiger partial charge in [-0.25, -0.2) is 4.79 Å². The molecule has 1 aliphatic heterocycles. The van der Waals surface area contributed by atoms with E-state index in [4.69, 9.17) is 9.47 Å². The second-order valence-corrected chi connectivity index (χ2v) is 12.5. The van der Waals surface area contributed by atoms with E-state index in [0.29, 0.717) is 24.3 Å². The van der Waals surface area contributed by atoms with Crippen LogP contribution in [0.1, 0.15) is 61.8 Å². The van der Waals surface area contributed by atoms with Crippen molar-refractivity contribution in [1.29, 1.82) is 0 Å². The third-order valence-electron chi connectivity index (χ3n) is 8.08. The first kappa shape index (κ1) is 32.2. The van der Waals surface area contributed by atoms with E-state index in [1.54, 1.807) is 36.0 Å². The van der Waals surface area contributed by atoms with Gasteiger partial charge in [0.25, 0.3) is 5.91 Å². The number of rotatable bonds is 11. The Kier molecular flexibility index (Phi) is 10.4. The standard InChI is InChI=1S/C39H35NO6S/c41-24-26-9-11-29(12-10-26)36-22-34(25-47-35-19-17-31(18-20-35)38(43)44)45-39(46-36)32-15-13-28(14-16-32)33-8-4-5-27(21-33)23-40-37(42)30-6-2-1-3-7-30/h1-21,34,36,39,41H,22-25H2,(H,40,42)(H,43,44)/t34-,36+,39+/m1/s1. The van der Waals surface area contributed by atoms with Gasteiger partial charge in [-0.3, -0.25) is 4.79 Å². The number of hydrogen-bond donors (Lipinski definition) is 3. The van der Waals surface area contributed by atoms with E-state index in [1.807, 2.05) is 84.9 Å². The van der Waals surface area contributed by atoms with Crippen LogP contribution in [0.3, 0.4) is 0 Å². The van der Waals surface area contributed by atoms with E-state index in [0.717, 1.165) is 38.3 Å². The molecule has 7 nitrogen and oxygen atoms in total. The molecular formula is C39H35NO6S. The molecule has 6 rings (SSSR count). The number of ether oxygens (including phenoxy) is 2. The Labute approximate surface area is 278 Å². The minimum atomic E-state index is -0.946. The average Bonchev–Trinajstić information content (AvgIpc) is 3.13. The summed E-state index contributed by atoms with van der Waals surface area (Å²) in [6.45, 7) is 0.405. The number of hydrogen-bond acceptors (Lipinski definition) is 6. The zero-order valence-corrected chi connectivity index (χ0v) is 26.4. The van der Waals surface area contributed by atoms with Gasteiger partial charge in [-0.1, -0.05) is 84.9 Å². The largest absolute Gasteiger partial charge is 0.478 e. The molecule has 0 spiro atoms. The van der Waals surface area contributed by atoms with Crippen LogP contribution in [0.2, 0.25) is 0 Å². The summed E-state index contributed by atoms with van der Waals surface area (Å²) in [6, 6.07) is 40.1. The van der Waals surface area contributed by atoms with Gasteiger partial charge >= 0.3 is 5.97 Å². The molecule has 1 saturated heterocycles. The average molecular weight is 646 g/mol. The van der Waals surface area contributed by atoms with Gasteiger partial charge in [-0.05, 0) is 70.3 Å². The highest BCUT2D eigenvalue weighted by molar-refractivity contribution is 7.99. The van der Waals surface area contributed by atoms with Crippen LogP contribution in [-0.4, -0.2) is 33.9 Å². The maximum atomic E-state index is 12.5. The Bertz CT molecular complexity index is 1790. The number of carboxylic acid groups (broad SMARTS) is 1. The summed E-state index contributed by atoms with van der Waals surface area (Å²) >= 11 is 1.62. The first-order valence-corrected chi connectivity index (χ1v) is 16.4. The van der Waals surface area contributed by atoms with Gasteiger partial charge in [0.15, 0.2) is 6.29 Å². The summed E-state index contributed by atoms with van der Waals surface area (Å²) in [5, 5.41) is 21.7. The molecule has 0 radical (unpaired) electrons. The SMILES string of the molecule is O=C(O)c1ccc(SC[C@H]2C[C@@H](c3ccc(CO)cc3)O[C@@H](c3ccc(-c4cccc(CNC(=O)c5ccccc5)c4)cc3)O2)cc1. The summed E-state index contributed by atoms with van der Waals surface area (Å²) in [5.41, 5.74) is 6.73. The van der Waals surface area contributed by atoms with Crippen molar-refractivity contribution < 1.29 is 29.3 Å². The minimum absolute atomic E-state index is 0.0188. The van der Waals surface area contributed by atoms with Crippen molar-refractivity contribution in [2.45, 2.75) is 43.0 Å². The summed E-state index contributed by atoms with van der Waals surface area (Å²) in [7, 11) is 0. The third kappa shape index (κ3) is 8.36. The fourth-order valence-electron chi connectivity index (χ4n) is 5.47. The Morgan fingerprint density at radius 1 is 0.723 bits per heavy atom. The normalized spacial score (nSPS) is 17.6. The maximum absolute atomic E-state index is 12.5. The molecule has 0 bridgehead atoms. The van der Waals surface area contributed by atoms with Crippen molar-refractivity contribution in [2.24, 2.45) is 0 Å². The number of carbonyl (C=O) groups is 2. The summed E-state index contributed by atoms with van der Waals surface area (Å²) in [5.74, 6) is -0.384. The predicted octanol–water partition coefficient (Wildman–Crippen LogP) is 7.81. The molecule has 0 aromatic heterocycles. The Hall–Kier alpha value is -4.73. The van der Waals surface area contributed by atoms with E-state index in [2.05, 4.69) is 23.5 Å². The Balaban J connectivity index is 1.15. The monoisotopic (exact) mass is 645 g/mol. The van der Waals surface area contributed by atoms with Crippen LogP contribution in [0.15, 0.2) is 132 Å². The highest BCUT2D eigenvalue weighted by Crippen LogP contribution is 2.40. The summed E-state index contributed by atoms with van der Waals surface area (Å²) in [4.78, 5) is 24.7. The molecule has 8 heteroatoms. The van der Waals surface area contributed by atoms with Gasteiger partial charge in [0.05, 0.1) is 24.4 Å². The van der Waals surface area contributed by atoms with Crippen molar-refractivity contribution in [2.75, 3.05) is 5.75 Å². The molecule has 1 aliphatic rings. The van der Waals surface area contributed by atoms with Gasteiger partial charge in [0.2, 0.25) is 0 Å². The quantitative estimate of drug-likeness (QED) is 0.126. The number of amides is 1. The van der Waals surface area contributed by atoms with Crippen LogP contribution in [0.5, 0.6) is 0 Å². The van der Waals surface area contributed by atoms with Crippen LogP contribution in [-0.2, 0) is 22.6 Å². The van der Waals surface area contributed by atoms with Crippen molar-refractivity contribution in [3.8, 4) is 11.1 Å². The van der Waals surface area contributed by atoms with Crippen LogP contribution in [0.4, 0.5) is 0 Å². The van der Waals surface area contributed by atoms with Crippen molar-refractivity contribution >= 4 is 23.6 Å². The molecule has 0 saturated carbocycles. The van der Waals surface area contributed by atoms with E-state index >= 15 is 0 Å². The van der Waals surface area contributed by atoms with Gasteiger partial charge in [0, 0.05) is 34.7 Å². The minimum Gasteiger partial charge on any atom is -0.478 e. The number of carbonyl (C=O) groups excluding carboxylic acids is 1. The lowest BCUT2D eigenvalue weighted by molar-refractivity contribution is -0.245. The molecule has 238 valence electrons. The highest BCUT2D eigenvalue weighted by atomic mass is 32.2. The van der Waals surface area contributed by atoms with Crippen molar-refractivity contribution in [3.05, 3.63) is 161 Å². The lowest BCUT2D eigenvalue weighted by atomic mass is 9.99. The Morgan fingerprint density at radius 3 is 2.15 bits per heavy atom. The second kappa shape index (κ2) is 15.2. The van der Waals surface area contributed by atoms with Gasteiger partial charge in [0.1, 0.15) is 0 Å². The first-order valence-electron chi connectivity index (χ1n) is 15.4. The van der Waals surface area contributed by atoms with E-state index in [-0.39, 0.29) is 30.3 Å². The molecule has 5 aromatic carbocycles. The smallest absolute Gasteiger partial charge is 0.335 e. The van der Waals surface area contributed by atoms with Crippen molar-refractivity contribution in [3.63, 3.8) is 0 Å². The third-order valence-corrected chi connectivity index (χ3v) is 9.23. The van der Waals surface area contributed by atoms with Gasteiger partial charge < -0.3 is 25.0 Å². The topological polar surface area (TPSA) is 105 Å². The number of thioether (sulfide) groups is 1. The molecular weight excluding hydrogens is 610 g/mol. The molecule has 0 unspecified atom stereocenters. The molecule has 0 aliphatic carbocycles. The number of aromatic carboxylic acids is 1. The molecule has 1 heterocycles. The molecule has 3 N–H and O–H groups in total. The molecule has 47 heavy (non-hydrogen) atoms.